The number of rotatable bonds is 2. The molecule has 0 aromatic carbocycles. The Bertz CT molecular complexity index is 172. The highest BCUT2D eigenvalue weighted by Gasteiger charge is 2.13. The average Bonchev–Trinajstić information content (AvgIpc) is 2.69. The van der Waals surface area contributed by atoms with Crippen LogP contribution >= 0.6 is 12.4 Å². The van der Waals surface area contributed by atoms with Crippen LogP contribution < -0.4 is 5.32 Å². The van der Waals surface area contributed by atoms with Crippen molar-refractivity contribution < 1.29 is 4.74 Å². The van der Waals surface area contributed by atoms with E-state index in [1.54, 1.807) is 0 Å². The largest absolute Gasteiger partial charge is 0.381 e. The van der Waals surface area contributed by atoms with Crippen molar-refractivity contribution in [3.05, 3.63) is 12.2 Å². The SMILES string of the molecule is C(=C\C1CCCCN1)/C1CCOC1.Cl. The Hall–Kier alpha value is -0.0500. The highest BCUT2D eigenvalue weighted by Crippen LogP contribution is 2.15. The van der Waals surface area contributed by atoms with Gasteiger partial charge in [-0.15, -0.1) is 12.4 Å². The van der Waals surface area contributed by atoms with Crippen molar-refractivity contribution >= 4 is 12.4 Å². The second kappa shape index (κ2) is 6.44. The van der Waals surface area contributed by atoms with Crippen LogP contribution in [-0.4, -0.2) is 25.8 Å². The van der Waals surface area contributed by atoms with Gasteiger partial charge in [-0.1, -0.05) is 18.6 Å². The van der Waals surface area contributed by atoms with Crippen LogP contribution in [0.5, 0.6) is 0 Å². The maximum atomic E-state index is 5.33. The number of nitrogens with one attached hydrogen (secondary N) is 1. The Morgan fingerprint density at radius 1 is 1.14 bits per heavy atom. The van der Waals surface area contributed by atoms with Gasteiger partial charge in [0.2, 0.25) is 0 Å². The molecule has 2 heterocycles. The van der Waals surface area contributed by atoms with Crippen molar-refractivity contribution in [1.82, 2.24) is 5.32 Å². The first kappa shape index (κ1) is 12.0. The molecule has 0 aromatic heterocycles. The minimum Gasteiger partial charge on any atom is -0.381 e. The van der Waals surface area contributed by atoms with Crippen LogP contribution in [0, 0.1) is 5.92 Å². The summed E-state index contributed by atoms with van der Waals surface area (Å²) in [6.45, 7) is 3.08. The lowest BCUT2D eigenvalue weighted by Gasteiger charge is -2.20. The lowest BCUT2D eigenvalue weighted by molar-refractivity contribution is 0.191. The summed E-state index contributed by atoms with van der Waals surface area (Å²) < 4.78 is 5.33. The van der Waals surface area contributed by atoms with Gasteiger partial charge in [0.1, 0.15) is 0 Å². The quantitative estimate of drug-likeness (QED) is 0.716. The molecule has 0 bridgehead atoms. The van der Waals surface area contributed by atoms with E-state index in [1.165, 1.54) is 32.2 Å². The van der Waals surface area contributed by atoms with Gasteiger partial charge in [0.05, 0.1) is 6.61 Å². The third-order valence-corrected chi connectivity index (χ3v) is 2.93. The molecule has 2 aliphatic heterocycles. The third-order valence-electron chi connectivity index (χ3n) is 2.93. The summed E-state index contributed by atoms with van der Waals surface area (Å²) in [7, 11) is 0. The van der Waals surface area contributed by atoms with Gasteiger partial charge in [-0.3, -0.25) is 0 Å². The van der Waals surface area contributed by atoms with Crippen molar-refractivity contribution in [3.63, 3.8) is 0 Å². The Morgan fingerprint density at radius 2 is 2.07 bits per heavy atom. The molecular formula is C11H20ClNO. The van der Waals surface area contributed by atoms with E-state index in [2.05, 4.69) is 17.5 Å². The molecule has 2 saturated heterocycles. The predicted molar refractivity (Wildman–Crippen MR) is 61.0 cm³/mol. The van der Waals surface area contributed by atoms with Crippen molar-refractivity contribution in [1.29, 1.82) is 0 Å². The van der Waals surface area contributed by atoms with Crippen molar-refractivity contribution in [2.24, 2.45) is 5.92 Å². The molecular weight excluding hydrogens is 198 g/mol. The van der Waals surface area contributed by atoms with E-state index in [-0.39, 0.29) is 12.4 Å². The molecule has 2 fully saturated rings. The Labute approximate surface area is 92.5 Å². The van der Waals surface area contributed by atoms with Crippen LogP contribution in [0.2, 0.25) is 0 Å². The summed E-state index contributed by atoms with van der Waals surface area (Å²) in [4.78, 5) is 0. The van der Waals surface area contributed by atoms with Gasteiger partial charge in [0.15, 0.2) is 0 Å². The van der Waals surface area contributed by atoms with Crippen LogP contribution in [0.15, 0.2) is 12.2 Å². The summed E-state index contributed by atoms with van der Waals surface area (Å²) in [6.07, 6.45) is 9.93. The van der Waals surface area contributed by atoms with Crippen LogP contribution in [0.4, 0.5) is 0 Å². The summed E-state index contributed by atoms with van der Waals surface area (Å²) >= 11 is 0. The Kier molecular flexibility index (Phi) is 5.53. The number of halogens is 1. The molecule has 2 aliphatic rings. The van der Waals surface area contributed by atoms with E-state index in [0.717, 1.165) is 13.2 Å². The molecule has 0 radical (unpaired) electrons. The van der Waals surface area contributed by atoms with Crippen LogP contribution in [0.25, 0.3) is 0 Å². The van der Waals surface area contributed by atoms with Crippen molar-refractivity contribution in [2.75, 3.05) is 19.8 Å². The second-order valence-electron chi connectivity index (χ2n) is 4.06. The second-order valence-corrected chi connectivity index (χ2v) is 4.06. The van der Waals surface area contributed by atoms with E-state index in [4.69, 9.17) is 4.74 Å². The van der Waals surface area contributed by atoms with E-state index < -0.39 is 0 Å². The Balaban J connectivity index is 0.000000980. The maximum Gasteiger partial charge on any atom is 0.0529 e. The zero-order valence-corrected chi connectivity index (χ0v) is 9.39. The standard InChI is InChI=1S/C11H19NO.ClH/c1-2-7-12-11(3-1)5-4-10-6-8-13-9-10;/h4-5,10-12H,1-3,6-9H2;1H/b5-4+;. The van der Waals surface area contributed by atoms with Crippen molar-refractivity contribution in [3.8, 4) is 0 Å². The van der Waals surface area contributed by atoms with Gasteiger partial charge < -0.3 is 10.1 Å². The van der Waals surface area contributed by atoms with Crippen LogP contribution in [-0.2, 0) is 4.74 Å². The molecule has 3 heteroatoms. The van der Waals surface area contributed by atoms with Gasteiger partial charge in [0, 0.05) is 18.6 Å². The number of piperidine rings is 1. The van der Waals surface area contributed by atoms with Gasteiger partial charge in [-0.2, -0.15) is 0 Å². The zero-order chi connectivity index (χ0) is 8.93. The molecule has 14 heavy (non-hydrogen) atoms. The minimum atomic E-state index is 0. The van der Waals surface area contributed by atoms with Crippen LogP contribution in [0.3, 0.4) is 0 Å². The molecule has 0 amide bonds. The fourth-order valence-electron chi connectivity index (χ4n) is 2.04. The molecule has 0 spiro atoms. The van der Waals surface area contributed by atoms with Gasteiger partial charge in [-0.05, 0) is 25.8 Å². The summed E-state index contributed by atoms with van der Waals surface area (Å²) in [5.74, 6) is 0.684. The fraction of sp³-hybridized carbons (Fsp3) is 0.818. The molecule has 0 aliphatic carbocycles. The van der Waals surface area contributed by atoms with E-state index in [9.17, 15) is 0 Å². The fourth-order valence-corrected chi connectivity index (χ4v) is 2.04. The molecule has 82 valence electrons. The van der Waals surface area contributed by atoms with Gasteiger partial charge in [-0.25, -0.2) is 0 Å². The Morgan fingerprint density at radius 3 is 2.71 bits per heavy atom. The topological polar surface area (TPSA) is 21.3 Å². The average molecular weight is 218 g/mol. The van der Waals surface area contributed by atoms with E-state index >= 15 is 0 Å². The zero-order valence-electron chi connectivity index (χ0n) is 8.58. The number of hydrogen-bond donors (Lipinski definition) is 1. The summed E-state index contributed by atoms with van der Waals surface area (Å²) in [6, 6.07) is 0.634. The molecule has 2 rings (SSSR count). The van der Waals surface area contributed by atoms with Crippen molar-refractivity contribution in [2.45, 2.75) is 31.7 Å². The molecule has 2 atom stereocenters. The molecule has 2 unspecified atom stereocenters. The maximum absolute atomic E-state index is 5.33. The highest BCUT2D eigenvalue weighted by atomic mass is 35.5. The number of ether oxygens (including phenoxy) is 1. The van der Waals surface area contributed by atoms with Crippen LogP contribution in [0.1, 0.15) is 25.7 Å². The summed E-state index contributed by atoms with van der Waals surface area (Å²) in [5, 5.41) is 3.52. The molecule has 0 aromatic rings. The first-order chi connectivity index (χ1) is 6.45. The monoisotopic (exact) mass is 217 g/mol. The first-order valence-corrected chi connectivity index (χ1v) is 5.44. The van der Waals surface area contributed by atoms with E-state index in [0.29, 0.717) is 12.0 Å². The van der Waals surface area contributed by atoms with Gasteiger partial charge in [0.25, 0.3) is 0 Å². The lowest BCUT2D eigenvalue weighted by Crippen LogP contribution is -2.32. The predicted octanol–water partition coefficient (Wildman–Crippen LogP) is 2.14. The molecule has 2 nitrogen and oxygen atoms in total. The van der Waals surface area contributed by atoms with Gasteiger partial charge >= 0.3 is 0 Å². The minimum absolute atomic E-state index is 0. The first-order valence-electron chi connectivity index (χ1n) is 5.44. The molecule has 0 saturated carbocycles. The van der Waals surface area contributed by atoms with E-state index in [1.807, 2.05) is 0 Å². The highest BCUT2D eigenvalue weighted by molar-refractivity contribution is 5.85. The summed E-state index contributed by atoms with van der Waals surface area (Å²) in [5.41, 5.74) is 0. The lowest BCUT2D eigenvalue weighted by atomic mass is 10.0. The third kappa shape index (κ3) is 3.60. The smallest absolute Gasteiger partial charge is 0.0529 e. The number of hydrogen-bond acceptors (Lipinski definition) is 2. The normalized spacial score (nSPS) is 33.1. The molecule has 1 N–H and O–H groups in total.